The zero-order valence-electron chi connectivity index (χ0n) is 19.9. The third-order valence-corrected chi connectivity index (χ3v) is 7.22. The van der Waals surface area contributed by atoms with Crippen molar-refractivity contribution in [3.05, 3.63) is 127 Å². The van der Waals surface area contributed by atoms with E-state index in [0.717, 1.165) is 55.2 Å². The number of benzene rings is 5. The van der Waals surface area contributed by atoms with Gasteiger partial charge >= 0.3 is 5.78 Å². The first-order valence-corrected chi connectivity index (χ1v) is 12.4. The Balaban J connectivity index is 1.49. The second kappa shape index (κ2) is 7.74. The standard InChI is InChI=1S/C34H21NO2/c1-3-11-22(12-4-1)24-19-25(23-13-5-2-6-14-23)21-26(20-24)35-29-17-9-7-15-27(29)31-32-28-16-8-10-18-30(28)36-34(32)37-33(31)35/h1-21H. The van der Waals surface area contributed by atoms with Gasteiger partial charge in [0, 0.05) is 10.8 Å². The van der Waals surface area contributed by atoms with E-state index in [9.17, 15) is 0 Å². The fourth-order valence-corrected chi connectivity index (χ4v) is 5.57. The average Bonchev–Trinajstić information content (AvgIpc) is 3.60. The Morgan fingerprint density at radius 2 is 1.05 bits per heavy atom. The van der Waals surface area contributed by atoms with Gasteiger partial charge in [0.25, 0.3) is 0 Å². The summed E-state index contributed by atoms with van der Waals surface area (Å²) < 4.78 is 14.9. The van der Waals surface area contributed by atoms with E-state index in [1.165, 1.54) is 11.1 Å². The highest BCUT2D eigenvalue weighted by Gasteiger charge is 2.23. The van der Waals surface area contributed by atoms with Crippen molar-refractivity contribution >= 4 is 44.1 Å². The van der Waals surface area contributed by atoms with E-state index in [-0.39, 0.29) is 0 Å². The Morgan fingerprint density at radius 3 is 1.76 bits per heavy atom. The first kappa shape index (κ1) is 20.2. The molecule has 3 nitrogen and oxygen atoms in total. The molecule has 0 aliphatic heterocycles. The summed E-state index contributed by atoms with van der Waals surface area (Å²) in [6, 6.07) is 44.5. The van der Waals surface area contributed by atoms with Gasteiger partial charge in [-0.2, -0.15) is 0 Å². The third-order valence-electron chi connectivity index (χ3n) is 7.22. The lowest BCUT2D eigenvalue weighted by atomic mass is 9.98. The minimum absolute atomic E-state index is 0.563. The summed E-state index contributed by atoms with van der Waals surface area (Å²) in [5.74, 6) is 0.563. The highest BCUT2D eigenvalue weighted by atomic mass is 16.5. The van der Waals surface area contributed by atoms with Crippen molar-refractivity contribution in [1.29, 1.82) is 0 Å². The molecular weight excluding hydrogens is 454 g/mol. The van der Waals surface area contributed by atoms with Crippen molar-refractivity contribution in [2.75, 3.05) is 0 Å². The molecule has 0 unspecified atom stereocenters. The molecule has 3 heterocycles. The molecule has 3 heteroatoms. The molecule has 0 saturated heterocycles. The molecule has 0 spiro atoms. The number of nitrogens with zero attached hydrogens (tertiary/aromatic N) is 1. The molecule has 8 rings (SSSR count). The highest BCUT2D eigenvalue weighted by Crippen LogP contribution is 2.44. The predicted molar refractivity (Wildman–Crippen MR) is 151 cm³/mol. The molecule has 0 atom stereocenters. The Morgan fingerprint density at radius 1 is 0.459 bits per heavy atom. The van der Waals surface area contributed by atoms with Crippen LogP contribution in [0.25, 0.3) is 72.1 Å². The van der Waals surface area contributed by atoms with Crippen LogP contribution in [0.5, 0.6) is 0 Å². The van der Waals surface area contributed by atoms with E-state index in [2.05, 4.69) is 114 Å². The van der Waals surface area contributed by atoms with Crippen LogP contribution < -0.4 is 0 Å². The van der Waals surface area contributed by atoms with Crippen molar-refractivity contribution in [3.63, 3.8) is 0 Å². The van der Waals surface area contributed by atoms with E-state index in [0.29, 0.717) is 5.78 Å². The van der Waals surface area contributed by atoms with Gasteiger partial charge in [-0.25, -0.2) is 0 Å². The summed E-state index contributed by atoms with van der Waals surface area (Å²) in [4.78, 5) is 0. The molecule has 3 aromatic heterocycles. The molecule has 0 fully saturated rings. The fourth-order valence-electron chi connectivity index (χ4n) is 5.57. The molecule has 5 aromatic carbocycles. The Hall–Kier alpha value is -5.02. The maximum absolute atomic E-state index is 6.50. The Kier molecular flexibility index (Phi) is 4.23. The number of rotatable bonds is 3. The van der Waals surface area contributed by atoms with E-state index < -0.39 is 0 Å². The number of fused-ring (bicyclic) bond motifs is 7. The van der Waals surface area contributed by atoms with Crippen LogP contribution in [0, 0.1) is 0 Å². The lowest BCUT2D eigenvalue weighted by Crippen LogP contribution is -1.95. The first-order chi connectivity index (χ1) is 18.3. The van der Waals surface area contributed by atoms with Gasteiger partial charge in [0.15, 0.2) is 0 Å². The van der Waals surface area contributed by atoms with Crippen LogP contribution in [0.3, 0.4) is 0 Å². The first-order valence-electron chi connectivity index (χ1n) is 12.4. The van der Waals surface area contributed by atoms with Crippen LogP contribution in [0.1, 0.15) is 0 Å². The molecule has 0 amide bonds. The van der Waals surface area contributed by atoms with Crippen LogP contribution in [0.4, 0.5) is 0 Å². The lowest BCUT2D eigenvalue weighted by Gasteiger charge is -2.13. The zero-order chi connectivity index (χ0) is 24.3. The summed E-state index contributed by atoms with van der Waals surface area (Å²) in [7, 11) is 0. The fraction of sp³-hybridized carbons (Fsp3) is 0. The van der Waals surface area contributed by atoms with Gasteiger partial charge in [0.05, 0.1) is 22.0 Å². The van der Waals surface area contributed by atoms with E-state index in [1.54, 1.807) is 0 Å². The van der Waals surface area contributed by atoms with Crippen LogP contribution in [0.2, 0.25) is 0 Å². The van der Waals surface area contributed by atoms with Gasteiger partial charge in [-0.3, -0.25) is 4.57 Å². The SMILES string of the molecule is c1ccc(-c2cc(-c3ccccc3)cc(-n3c4ccccc4c4c5c(oc6ccccc65)oc43)c2)cc1. The maximum atomic E-state index is 6.50. The summed E-state index contributed by atoms with van der Waals surface area (Å²) in [5.41, 5.74) is 8.45. The maximum Gasteiger partial charge on any atom is 0.300 e. The van der Waals surface area contributed by atoms with Crippen LogP contribution in [-0.4, -0.2) is 4.57 Å². The summed E-state index contributed by atoms with van der Waals surface area (Å²) in [5, 5.41) is 4.33. The second-order valence-electron chi connectivity index (χ2n) is 9.40. The molecule has 174 valence electrons. The number of aromatic nitrogens is 1. The summed E-state index contributed by atoms with van der Waals surface area (Å²) in [6.45, 7) is 0. The zero-order valence-corrected chi connectivity index (χ0v) is 19.9. The smallest absolute Gasteiger partial charge is 0.300 e. The van der Waals surface area contributed by atoms with Gasteiger partial charge < -0.3 is 8.83 Å². The quantitative estimate of drug-likeness (QED) is 0.255. The van der Waals surface area contributed by atoms with Gasteiger partial charge in [0.2, 0.25) is 5.71 Å². The molecule has 0 N–H and O–H groups in total. The van der Waals surface area contributed by atoms with Crippen LogP contribution in [0.15, 0.2) is 136 Å². The number of furan rings is 2. The van der Waals surface area contributed by atoms with Crippen molar-refractivity contribution in [1.82, 2.24) is 4.57 Å². The van der Waals surface area contributed by atoms with Gasteiger partial charge in [-0.1, -0.05) is 97.1 Å². The van der Waals surface area contributed by atoms with Crippen molar-refractivity contribution < 1.29 is 8.83 Å². The molecule has 0 saturated carbocycles. The lowest BCUT2D eigenvalue weighted by molar-refractivity contribution is 0.516. The normalized spacial score (nSPS) is 11.8. The molecule has 37 heavy (non-hydrogen) atoms. The number of para-hydroxylation sites is 2. The van der Waals surface area contributed by atoms with E-state index >= 15 is 0 Å². The second-order valence-corrected chi connectivity index (χ2v) is 9.40. The van der Waals surface area contributed by atoms with E-state index in [4.69, 9.17) is 8.83 Å². The van der Waals surface area contributed by atoms with E-state index in [1.807, 2.05) is 18.2 Å². The Bertz CT molecular complexity index is 2020. The van der Waals surface area contributed by atoms with Crippen LogP contribution >= 0.6 is 0 Å². The van der Waals surface area contributed by atoms with Crippen molar-refractivity contribution in [3.8, 4) is 27.9 Å². The monoisotopic (exact) mass is 475 g/mol. The van der Waals surface area contributed by atoms with Gasteiger partial charge in [-0.15, -0.1) is 0 Å². The largest absolute Gasteiger partial charge is 0.425 e. The number of hydrogen-bond acceptors (Lipinski definition) is 2. The highest BCUT2D eigenvalue weighted by molar-refractivity contribution is 6.26. The molecule has 0 bridgehead atoms. The van der Waals surface area contributed by atoms with Crippen LogP contribution in [-0.2, 0) is 0 Å². The summed E-state index contributed by atoms with van der Waals surface area (Å²) >= 11 is 0. The third kappa shape index (κ3) is 3.01. The Labute approximate surface area is 212 Å². The molecule has 0 aliphatic rings. The molecule has 0 radical (unpaired) electrons. The van der Waals surface area contributed by atoms with Crippen molar-refractivity contribution in [2.24, 2.45) is 0 Å². The minimum atomic E-state index is 0.563. The van der Waals surface area contributed by atoms with Crippen molar-refractivity contribution in [2.45, 2.75) is 0 Å². The molecule has 0 aliphatic carbocycles. The number of hydrogen-bond donors (Lipinski definition) is 0. The minimum Gasteiger partial charge on any atom is -0.425 e. The predicted octanol–water partition coefficient (Wildman–Crippen LogP) is 9.61. The molecular formula is C34H21NO2. The van der Waals surface area contributed by atoms with Gasteiger partial charge in [-0.05, 0) is 52.6 Å². The summed E-state index contributed by atoms with van der Waals surface area (Å²) in [6.07, 6.45) is 0. The molecule has 8 aromatic rings. The van der Waals surface area contributed by atoms with Gasteiger partial charge in [0.1, 0.15) is 5.58 Å². The topological polar surface area (TPSA) is 31.2 Å². The average molecular weight is 476 g/mol.